The van der Waals surface area contributed by atoms with E-state index in [9.17, 15) is 0 Å². The molecule has 0 saturated carbocycles. The Kier molecular flexibility index (Phi) is 4.84. The van der Waals surface area contributed by atoms with E-state index in [0.717, 1.165) is 29.9 Å². The lowest BCUT2D eigenvalue weighted by Crippen LogP contribution is -2.24. The highest BCUT2D eigenvalue weighted by Gasteiger charge is 2.09. The average molecular weight is 240 g/mol. The fourth-order valence-corrected chi connectivity index (χ4v) is 1.92. The summed E-state index contributed by atoms with van der Waals surface area (Å²) in [6, 6.07) is 5.64. The number of likely N-dealkylation sites (N-methyl/N-ethyl adjacent to an activating group) is 1. The number of anilines is 1. The average Bonchev–Trinajstić information content (AvgIpc) is 2.25. The summed E-state index contributed by atoms with van der Waals surface area (Å²) < 4.78 is 0. The predicted octanol–water partition coefficient (Wildman–Crippen LogP) is 3.23. The Balaban J connectivity index is 2.96. The van der Waals surface area contributed by atoms with Gasteiger partial charge in [-0.05, 0) is 31.5 Å². The zero-order valence-corrected chi connectivity index (χ0v) is 10.6. The third-order valence-electron chi connectivity index (χ3n) is 2.38. The number of rotatable bonds is 5. The van der Waals surface area contributed by atoms with Crippen LogP contribution in [0, 0.1) is 0 Å². The van der Waals surface area contributed by atoms with Crippen LogP contribution in [-0.2, 0) is 6.61 Å². The molecule has 0 atom stereocenters. The molecule has 16 heavy (non-hydrogen) atoms. The van der Waals surface area contributed by atoms with E-state index in [1.54, 1.807) is 6.07 Å². The maximum atomic E-state index is 9.01. The summed E-state index contributed by atoms with van der Waals surface area (Å²) in [4.78, 5) is 2.16. The fourth-order valence-electron chi connectivity index (χ4n) is 1.60. The Bertz CT molecular complexity index is 376. The summed E-state index contributed by atoms with van der Waals surface area (Å²) in [7, 11) is 0. The minimum atomic E-state index is 0.0204. The smallest absolute Gasteiger partial charge is 0.0682 e. The summed E-state index contributed by atoms with van der Waals surface area (Å²) in [5.74, 6) is 0. The standard InChI is InChI=1S/C13H18ClNO/c1-4-15(8-10(2)3)13-6-5-11(9-16)7-12(13)14/h5-7,16H,2,4,8-9H2,1,3H3. The van der Waals surface area contributed by atoms with Gasteiger partial charge in [-0.1, -0.05) is 29.8 Å². The predicted molar refractivity (Wildman–Crippen MR) is 70.1 cm³/mol. The normalized spacial score (nSPS) is 10.2. The van der Waals surface area contributed by atoms with E-state index < -0.39 is 0 Å². The van der Waals surface area contributed by atoms with Gasteiger partial charge >= 0.3 is 0 Å². The third kappa shape index (κ3) is 3.26. The molecular formula is C13H18ClNO. The molecule has 1 rings (SSSR count). The molecule has 0 aliphatic carbocycles. The van der Waals surface area contributed by atoms with Gasteiger partial charge in [0.2, 0.25) is 0 Å². The molecule has 0 saturated heterocycles. The van der Waals surface area contributed by atoms with Crippen LogP contribution in [0.1, 0.15) is 19.4 Å². The molecule has 0 spiro atoms. The van der Waals surface area contributed by atoms with E-state index in [1.165, 1.54) is 0 Å². The first-order valence-corrected chi connectivity index (χ1v) is 5.75. The van der Waals surface area contributed by atoms with Crippen LogP contribution >= 0.6 is 11.6 Å². The van der Waals surface area contributed by atoms with E-state index in [2.05, 4.69) is 18.4 Å². The third-order valence-corrected chi connectivity index (χ3v) is 2.68. The van der Waals surface area contributed by atoms with Crippen LogP contribution < -0.4 is 4.90 Å². The van der Waals surface area contributed by atoms with Gasteiger partial charge in [-0.15, -0.1) is 0 Å². The van der Waals surface area contributed by atoms with E-state index in [0.29, 0.717) is 5.02 Å². The first-order valence-electron chi connectivity index (χ1n) is 5.37. The van der Waals surface area contributed by atoms with Gasteiger partial charge in [-0.25, -0.2) is 0 Å². The number of benzene rings is 1. The van der Waals surface area contributed by atoms with Crippen LogP contribution in [0.25, 0.3) is 0 Å². The van der Waals surface area contributed by atoms with Gasteiger partial charge in [-0.3, -0.25) is 0 Å². The second-order valence-corrected chi connectivity index (χ2v) is 4.32. The van der Waals surface area contributed by atoms with Crippen molar-refractivity contribution < 1.29 is 5.11 Å². The Morgan fingerprint density at radius 2 is 2.19 bits per heavy atom. The zero-order chi connectivity index (χ0) is 12.1. The SMILES string of the molecule is C=C(C)CN(CC)c1ccc(CO)cc1Cl. The molecule has 1 aromatic rings. The molecule has 0 aliphatic rings. The summed E-state index contributed by atoms with van der Waals surface area (Å²) in [5, 5.41) is 9.68. The van der Waals surface area contributed by atoms with Crippen LogP contribution in [0.15, 0.2) is 30.4 Å². The van der Waals surface area contributed by atoms with E-state index in [1.807, 2.05) is 19.1 Å². The number of aliphatic hydroxyl groups is 1. The molecule has 1 N–H and O–H groups in total. The van der Waals surface area contributed by atoms with Crippen molar-refractivity contribution in [2.24, 2.45) is 0 Å². The number of halogens is 1. The van der Waals surface area contributed by atoms with Crippen molar-refractivity contribution in [2.45, 2.75) is 20.5 Å². The zero-order valence-electron chi connectivity index (χ0n) is 9.83. The maximum absolute atomic E-state index is 9.01. The Hall–Kier alpha value is -0.990. The van der Waals surface area contributed by atoms with Crippen LogP contribution in [0.3, 0.4) is 0 Å². The Morgan fingerprint density at radius 3 is 2.62 bits per heavy atom. The number of aliphatic hydroxyl groups excluding tert-OH is 1. The summed E-state index contributed by atoms with van der Waals surface area (Å²) in [6.45, 7) is 9.69. The van der Waals surface area contributed by atoms with E-state index in [-0.39, 0.29) is 6.61 Å². The number of hydrogen-bond acceptors (Lipinski definition) is 2. The Morgan fingerprint density at radius 1 is 1.50 bits per heavy atom. The van der Waals surface area contributed by atoms with Gasteiger partial charge in [0.15, 0.2) is 0 Å². The molecule has 0 heterocycles. The van der Waals surface area contributed by atoms with Gasteiger partial charge in [0.05, 0.1) is 17.3 Å². The molecule has 0 aliphatic heterocycles. The Labute approximate surface area is 102 Å². The molecular weight excluding hydrogens is 222 g/mol. The number of nitrogens with zero attached hydrogens (tertiary/aromatic N) is 1. The van der Waals surface area contributed by atoms with Crippen molar-refractivity contribution in [2.75, 3.05) is 18.0 Å². The van der Waals surface area contributed by atoms with Crippen molar-refractivity contribution in [1.82, 2.24) is 0 Å². The lowest BCUT2D eigenvalue weighted by molar-refractivity contribution is 0.282. The molecule has 0 amide bonds. The first kappa shape index (κ1) is 13.1. The van der Waals surface area contributed by atoms with Gasteiger partial charge in [0, 0.05) is 13.1 Å². The minimum absolute atomic E-state index is 0.0204. The van der Waals surface area contributed by atoms with Gasteiger partial charge in [-0.2, -0.15) is 0 Å². The van der Waals surface area contributed by atoms with Crippen LogP contribution in [0.2, 0.25) is 5.02 Å². The van der Waals surface area contributed by atoms with E-state index >= 15 is 0 Å². The first-order chi connectivity index (χ1) is 7.58. The molecule has 0 aromatic heterocycles. The van der Waals surface area contributed by atoms with E-state index in [4.69, 9.17) is 16.7 Å². The molecule has 3 heteroatoms. The lowest BCUT2D eigenvalue weighted by atomic mass is 10.2. The highest BCUT2D eigenvalue weighted by atomic mass is 35.5. The van der Waals surface area contributed by atoms with Crippen molar-refractivity contribution >= 4 is 17.3 Å². The molecule has 0 bridgehead atoms. The highest BCUT2D eigenvalue weighted by Crippen LogP contribution is 2.27. The van der Waals surface area contributed by atoms with Crippen molar-refractivity contribution in [3.63, 3.8) is 0 Å². The maximum Gasteiger partial charge on any atom is 0.0682 e. The molecule has 0 radical (unpaired) electrons. The monoisotopic (exact) mass is 239 g/mol. The minimum Gasteiger partial charge on any atom is -0.392 e. The summed E-state index contributed by atoms with van der Waals surface area (Å²) >= 11 is 6.18. The molecule has 0 fully saturated rings. The van der Waals surface area contributed by atoms with Crippen molar-refractivity contribution in [3.8, 4) is 0 Å². The molecule has 1 aromatic carbocycles. The van der Waals surface area contributed by atoms with Crippen LogP contribution in [0.5, 0.6) is 0 Å². The highest BCUT2D eigenvalue weighted by molar-refractivity contribution is 6.33. The second-order valence-electron chi connectivity index (χ2n) is 3.92. The fraction of sp³-hybridized carbons (Fsp3) is 0.385. The summed E-state index contributed by atoms with van der Waals surface area (Å²) in [6.07, 6.45) is 0. The largest absolute Gasteiger partial charge is 0.392 e. The summed E-state index contributed by atoms with van der Waals surface area (Å²) in [5.41, 5.74) is 2.92. The second kappa shape index (κ2) is 5.92. The number of hydrogen-bond donors (Lipinski definition) is 1. The van der Waals surface area contributed by atoms with Gasteiger partial charge < -0.3 is 10.0 Å². The molecule has 2 nitrogen and oxygen atoms in total. The molecule has 0 unspecified atom stereocenters. The van der Waals surface area contributed by atoms with Crippen LogP contribution in [-0.4, -0.2) is 18.2 Å². The molecule has 88 valence electrons. The van der Waals surface area contributed by atoms with Crippen molar-refractivity contribution in [3.05, 3.63) is 40.9 Å². The lowest BCUT2D eigenvalue weighted by Gasteiger charge is -2.24. The quantitative estimate of drug-likeness (QED) is 0.798. The van der Waals surface area contributed by atoms with Crippen molar-refractivity contribution in [1.29, 1.82) is 0 Å². The van der Waals surface area contributed by atoms with Gasteiger partial charge in [0.1, 0.15) is 0 Å². The van der Waals surface area contributed by atoms with Gasteiger partial charge in [0.25, 0.3) is 0 Å². The van der Waals surface area contributed by atoms with Crippen LogP contribution in [0.4, 0.5) is 5.69 Å². The topological polar surface area (TPSA) is 23.5 Å².